The largest absolute Gasteiger partial charge is 0.504 e. The number of carboxylic acid groups (broad SMARTS) is 1. The van der Waals surface area contributed by atoms with Gasteiger partial charge in [-0.15, -0.1) is 0 Å². The van der Waals surface area contributed by atoms with Crippen molar-refractivity contribution in [2.45, 2.75) is 0 Å². The third-order valence-electron chi connectivity index (χ3n) is 3.47. The lowest BCUT2D eigenvalue weighted by molar-refractivity contribution is 0.0691. The number of nitrogens with zero attached hydrogens (tertiary/aromatic N) is 1. The minimum absolute atomic E-state index is 0.0821. The van der Waals surface area contributed by atoms with Crippen LogP contribution in [0, 0.1) is 0 Å². The highest BCUT2D eigenvalue weighted by atomic mass is 16.4. The number of carboxylic acids is 1. The van der Waals surface area contributed by atoms with Crippen molar-refractivity contribution in [1.82, 2.24) is 9.97 Å². The van der Waals surface area contributed by atoms with Crippen LogP contribution in [0.3, 0.4) is 0 Å². The van der Waals surface area contributed by atoms with Gasteiger partial charge in [0.2, 0.25) is 0 Å². The Kier molecular flexibility index (Phi) is 4.03. The van der Waals surface area contributed by atoms with Crippen molar-refractivity contribution in [3.05, 3.63) is 66.5 Å². The molecule has 4 rings (SSSR count). The van der Waals surface area contributed by atoms with Gasteiger partial charge in [0.25, 0.3) is 0 Å². The van der Waals surface area contributed by atoms with E-state index in [1.54, 1.807) is 18.3 Å². The molecular formula is C18H14N2O4. The average molecular weight is 322 g/mol. The second kappa shape index (κ2) is 6.29. The molecule has 2 heterocycles. The minimum atomic E-state index is -0.995. The van der Waals surface area contributed by atoms with Crippen LogP contribution in [0.2, 0.25) is 0 Å². The molecule has 0 saturated carbocycles. The zero-order chi connectivity index (χ0) is 17.1. The van der Waals surface area contributed by atoms with Gasteiger partial charge in [-0.05, 0) is 24.3 Å². The van der Waals surface area contributed by atoms with Crippen molar-refractivity contribution in [1.29, 1.82) is 0 Å². The molecule has 0 bridgehead atoms. The van der Waals surface area contributed by atoms with Crippen LogP contribution in [0.15, 0.2) is 60.8 Å². The van der Waals surface area contributed by atoms with Crippen molar-refractivity contribution < 1.29 is 20.1 Å². The van der Waals surface area contributed by atoms with E-state index in [0.717, 1.165) is 16.3 Å². The Bertz CT molecular complexity index is 988. The van der Waals surface area contributed by atoms with Crippen LogP contribution in [-0.4, -0.2) is 31.3 Å². The first-order valence-corrected chi connectivity index (χ1v) is 7.13. The Balaban J connectivity index is 0.000000143. The number of aromatic hydroxyl groups is 2. The molecule has 0 aliphatic carbocycles. The molecule has 6 heteroatoms. The zero-order valence-electron chi connectivity index (χ0n) is 12.5. The van der Waals surface area contributed by atoms with Crippen LogP contribution in [0.5, 0.6) is 11.5 Å². The molecule has 0 amide bonds. The average Bonchev–Trinajstić information content (AvgIpc) is 3.02. The van der Waals surface area contributed by atoms with E-state index in [-0.39, 0.29) is 17.2 Å². The second-order valence-corrected chi connectivity index (χ2v) is 5.10. The number of H-pyrrole nitrogens is 1. The first-order chi connectivity index (χ1) is 11.5. The third-order valence-corrected chi connectivity index (χ3v) is 3.47. The number of phenolic OH excluding ortho intramolecular Hbond substituents is 2. The van der Waals surface area contributed by atoms with Gasteiger partial charge in [-0.25, -0.2) is 9.78 Å². The lowest BCUT2D eigenvalue weighted by Crippen LogP contribution is -1.99. The normalized spacial score (nSPS) is 10.3. The molecule has 120 valence electrons. The molecule has 0 fully saturated rings. The van der Waals surface area contributed by atoms with Crippen molar-refractivity contribution >= 4 is 27.8 Å². The number of rotatable bonds is 1. The second-order valence-electron chi connectivity index (χ2n) is 5.10. The van der Waals surface area contributed by atoms with Crippen molar-refractivity contribution in [2.75, 3.05) is 0 Å². The number of phenols is 2. The van der Waals surface area contributed by atoms with Gasteiger partial charge in [0.1, 0.15) is 5.69 Å². The highest BCUT2D eigenvalue weighted by Gasteiger charge is 2.04. The molecule has 0 unspecified atom stereocenters. The molecule has 2 aromatic heterocycles. The Morgan fingerprint density at radius 1 is 0.917 bits per heavy atom. The van der Waals surface area contributed by atoms with E-state index in [4.69, 9.17) is 15.3 Å². The number of carbonyl (C=O) groups is 1. The Hall–Kier alpha value is -3.54. The molecular weight excluding hydrogens is 308 g/mol. The predicted octanol–water partition coefficient (Wildman–Crippen LogP) is 3.51. The summed E-state index contributed by atoms with van der Waals surface area (Å²) in [4.78, 5) is 17.5. The van der Waals surface area contributed by atoms with Gasteiger partial charge in [-0.1, -0.05) is 24.3 Å². The van der Waals surface area contributed by atoms with Gasteiger partial charge in [-0.2, -0.15) is 0 Å². The summed E-state index contributed by atoms with van der Waals surface area (Å²) >= 11 is 0. The number of aromatic carboxylic acids is 1. The number of nitrogens with one attached hydrogen (secondary N) is 1. The fraction of sp³-hybridized carbons (Fsp3) is 0. The zero-order valence-corrected chi connectivity index (χ0v) is 12.5. The number of fused-ring (bicyclic) bond motifs is 2. The Labute approximate surface area is 136 Å². The number of benzene rings is 2. The van der Waals surface area contributed by atoms with Crippen molar-refractivity contribution in [3.8, 4) is 11.5 Å². The lowest BCUT2D eigenvalue weighted by Gasteiger charge is -1.97. The standard InChI is InChI=1S/C10H7NO2.C8H7NO2/c12-10(13)9-6-5-7-3-1-2-4-8(7)11-9;10-7-3-5-1-2-9-6(5)4-8(7)11/h1-6H,(H,12,13);1-4,9-11H. The smallest absolute Gasteiger partial charge is 0.354 e. The first-order valence-electron chi connectivity index (χ1n) is 7.13. The van der Waals surface area contributed by atoms with E-state index in [1.807, 2.05) is 24.3 Å². The maximum Gasteiger partial charge on any atom is 0.354 e. The summed E-state index contributed by atoms with van der Waals surface area (Å²) in [6.07, 6.45) is 1.75. The number of hydrogen-bond donors (Lipinski definition) is 4. The SMILES string of the molecule is O=C(O)c1ccc2ccccc2n1.Oc1cc2cc[nH]c2cc1O. The number of aromatic amines is 1. The molecule has 4 N–H and O–H groups in total. The summed E-state index contributed by atoms with van der Waals surface area (Å²) < 4.78 is 0. The van der Waals surface area contributed by atoms with Crippen LogP contribution < -0.4 is 0 Å². The maximum atomic E-state index is 10.6. The minimum Gasteiger partial charge on any atom is -0.504 e. The monoisotopic (exact) mass is 322 g/mol. The van der Waals surface area contributed by atoms with Crippen molar-refractivity contribution in [3.63, 3.8) is 0 Å². The van der Waals surface area contributed by atoms with Crippen molar-refractivity contribution in [2.24, 2.45) is 0 Å². The molecule has 0 atom stereocenters. The van der Waals surface area contributed by atoms with Crippen LogP contribution in [-0.2, 0) is 0 Å². The molecule has 0 saturated heterocycles. The summed E-state index contributed by atoms with van der Waals surface area (Å²) in [6, 6.07) is 15.5. The summed E-state index contributed by atoms with van der Waals surface area (Å²) in [5.74, 6) is -1.18. The number of para-hydroxylation sites is 1. The fourth-order valence-corrected chi connectivity index (χ4v) is 2.26. The van der Waals surface area contributed by atoms with Gasteiger partial charge in [0.15, 0.2) is 11.5 Å². The van der Waals surface area contributed by atoms with Crippen LogP contribution >= 0.6 is 0 Å². The van der Waals surface area contributed by atoms with Crippen LogP contribution in [0.25, 0.3) is 21.8 Å². The van der Waals surface area contributed by atoms with Gasteiger partial charge in [-0.3, -0.25) is 0 Å². The van der Waals surface area contributed by atoms with Gasteiger partial charge < -0.3 is 20.3 Å². The molecule has 0 aliphatic rings. The Morgan fingerprint density at radius 2 is 1.67 bits per heavy atom. The quantitative estimate of drug-likeness (QED) is 0.401. The van der Waals surface area contributed by atoms with Gasteiger partial charge in [0, 0.05) is 28.6 Å². The summed E-state index contributed by atoms with van der Waals surface area (Å²) in [7, 11) is 0. The lowest BCUT2D eigenvalue weighted by atomic mass is 10.2. The van der Waals surface area contributed by atoms with E-state index >= 15 is 0 Å². The van der Waals surface area contributed by atoms with Gasteiger partial charge in [0.05, 0.1) is 5.52 Å². The maximum absolute atomic E-state index is 10.6. The molecule has 0 radical (unpaired) electrons. The highest BCUT2D eigenvalue weighted by Crippen LogP contribution is 2.29. The van der Waals surface area contributed by atoms with Gasteiger partial charge >= 0.3 is 5.97 Å². The van der Waals surface area contributed by atoms with Crippen LogP contribution in [0.1, 0.15) is 10.5 Å². The topological polar surface area (TPSA) is 106 Å². The number of pyridine rings is 1. The van der Waals surface area contributed by atoms with E-state index in [2.05, 4.69) is 9.97 Å². The molecule has 4 aromatic rings. The van der Waals surface area contributed by atoms with E-state index in [0.29, 0.717) is 5.52 Å². The summed E-state index contributed by atoms with van der Waals surface area (Å²) in [5.41, 5.74) is 1.61. The number of hydrogen-bond acceptors (Lipinski definition) is 4. The Morgan fingerprint density at radius 3 is 2.46 bits per heavy atom. The third kappa shape index (κ3) is 3.12. The molecule has 6 nitrogen and oxygen atoms in total. The predicted molar refractivity (Wildman–Crippen MR) is 90.3 cm³/mol. The number of aromatic nitrogens is 2. The molecule has 2 aromatic carbocycles. The molecule has 0 aliphatic heterocycles. The first kappa shape index (κ1) is 15.4. The van der Waals surface area contributed by atoms with E-state index in [1.165, 1.54) is 18.2 Å². The molecule has 24 heavy (non-hydrogen) atoms. The summed E-state index contributed by atoms with van der Waals surface area (Å²) in [6.45, 7) is 0. The fourth-order valence-electron chi connectivity index (χ4n) is 2.26. The van der Waals surface area contributed by atoms with E-state index < -0.39 is 5.97 Å². The molecule has 0 spiro atoms. The highest BCUT2D eigenvalue weighted by molar-refractivity contribution is 5.89. The van der Waals surface area contributed by atoms with E-state index in [9.17, 15) is 4.79 Å². The summed E-state index contributed by atoms with van der Waals surface area (Å²) in [5, 5.41) is 28.7. The van der Waals surface area contributed by atoms with Crippen LogP contribution in [0.4, 0.5) is 0 Å².